The first-order chi connectivity index (χ1) is 12.6. The van der Waals surface area contributed by atoms with Gasteiger partial charge in [0.2, 0.25) is 0 Å². The number of nitrogen functional groups attached to an aromatic ring is 1. The van der Waals surface area contributed by atoms with E-state index in [2.05, 4.69) is 40.7 Å². The summed E-state index contributed by atoms with van der Waals surface area (Å²) in [6.07, 6.45) is 0.718. The molecule has 0 spiro atoms. The molecular formula is C19H34IN3O4Si. The summed E-state index contributed by atoms with van der Waals surface area (Å²) < 4.78 is 21.8. The Morgan fingerprint density at radius 3 is 2.21 bits per heavy atom. The lowest BCUT2D eigenvalue weighted by atomic mass is 10.1. The third-order valence-corrected chi connectivity index (χ3v) is 7.86. The summed E-state index contributed by atoms with van der Waals surface area (Å²) in [6.45, 7) is 18.3. The Morgan fingerprint density at radius 2 is 1.75 bits per heavy atom. The molecule has 1 aromatic heterocycles. The summed E-state index contributed by atoms with van der Waals surface area (Å²) in [4.78, 5) is 16.9. The highest BCUT2D eigenvalue weighted by atomic mass is 127. The zero-order valence-corrected chi connectivity index (χ0v) is 21.7. The van der Waals surface area contributed by atoms with Crippen molar-refractivity contribution in [2.45, 2.75) is 96.4 Å². The van der Waals surface area contributed by atoms with Crippen LogP contribution in [0.5, 0.6) is 0 Å². The number of aromatic nitrogens is 2. The van der Waals surface area contributed by atoms with E-state index < -0.39 is 31.5 Å². The fourth-order valence-corrected chi connectivity index (χ4v) is 6.19. The van der Waals surface area contributed by atoms with Gasteiger partial charge in [-0.05, 0) is 71.1 Å². The molecule has 1 saturated heterocycles. The molecule has 0 aromatic carbocycles. The van der Waals surface area contributed by atoms with E-state index in [0.29, 0.717) is 3.57 Å². The molecule has 0 unspecified atom stereocenters. The molecule has 1 aliphatic heterocycles. The summed E-state index contributed by atoms with van der Waals surface area (Å²) in [5.41, 5.74) is 4.62. The molecule has 1 fully saturated rings. The van der Waals surface area contributed by atoms with Crippen LogP contribution in [0.1, 0.15) is 48.5 Å². The highest BCUT2D eigenvalue weighted by Crippen LogP contribution is 2.43. The van der Waals surface area contributed by atoms with E-state index in [1.165, 1.54) is 0 Å². The van der Waals surface area contributed by atoms with Crippen LogP contribution in [0.4, 0.5) is 5.82 Å². The summed E-state index contributed by atoms with van der Waals surface area (Å²) in [5, 5.41) is -0.930. The van der Waals surface area contributed by atoms with Crippen molar-refractivity contribution in [3.05, 3.63) is 20.3 Å². The van der Waals surface area contributed by atoms with Gasteiger partial charge in [-0.1, -0.05) is 13.1 Å². The number of rotatable bonds is 4. The first kappa shape index (κ1) is 23.8. The predicted octanol–water partition coefficient (Wildman–Crippen LogP) is 2.89. The second-order valence-electron chi connectivity index (χ2n) is 9.70. The molecule has 0 aliphatic carbocycles. The van der Waals surface area contributed by atoms with Crippen LogP contribution in [0.25, 0.3) is 0 Å². The number of ether oxygens (including phenoxy) is 3. The normalized spacial score (nSPS) is 28.9. The molecular weight excluding hydrogens is 489 g/mol. The van der Waals surface area contributed by atoms with Crippen molar-refractivity contribution in [3.8, 4) is 0 Å². The number of hydrogen-bond donors (Lipinski definition) is 1. The second kappa shape index (κ2) is 7.97. The van der Waals surface area contributed by atoms with Gasteiger partial charge in [0, 0.05) is 6.20 Å². The second-order valence-corrected chi connectivity index (χ2v) is 14.0. The zero-order valence-electron chi connectivity index (χ0n) is 18.4. The molecule has 28 heavy (non-hydrogen) atoms. The molecule has 2 rings (SSSR count). The number of nitrogens with zero attached hydrogens (tertiary/aromatic N) is 2. The van der Waals surface area contributed by atoms with Crippen LogP contribution in [-0.4, -0.2) is 47.9 Å². The molecule has 4 atom stereocenters. The standard InChI is InChI=1S/C19H34IN3O4Si/c1-11-13(26-17(2,3)4)14(27-18(5,6)7)19(25-11,28(8)9)23-10-12(20)15(21)22-16(23)24/h10-11,13-14,28H,1-9H3,(H2,21,22,24)/t11-,13-,14-,19+/m1/s1. The number of hydrogen-bond acceptors (Lipinski definition) is 6. The van der Waals surface area contributed by atoms with Crippen LogP contribution < -0.4 is 11.4 Å². The average Bonchev–Trinajstić information content (AvgIpc) is 2.74. The van der Waals surface area contributed by atoms with E-state index in [-0.39, 0.29) is 23.6 Å². The monoisotopic (exact) mass is 523 g/mol. The first-order valence-corrected chi connectivity index (χ1v) is 13.6. The van der Waals surface area contributed by atoms with Gasteiger partial charge in [0.15, 0.2) is 5.35 Å². The maximum Gasteiger partial charge on any atom is 0.351 e. The Labute approximate surface area is 183 Å². The molecule has 0 bridgehead atoms. The molecule has 160 valence electrons. The topological polar surface area (TPSA) is 88.6 Å². The van der Waals surface area contributed by atoms with Crippen LogP contribution in [-0.2, 0) is 19.6 Å². The van der Waals surface area contributed by atoms with Gasteiger partial charge in [0.1, 0.15) is 18.0 Å². The van der Waals surface area contributed by atoms with Crippen LogP contribution in [0.2, 0.25) is 13.1 Å². The maximum absolute atomic E-state index is 12.9. The van der Waals surface area contributed by atoms with Crippen molar-refractivity contribution in [3.63, 3.8) is 0 Å². The van der Waals surface area contributed by atoms with Crippen LogP contribution in [0, 0.1) is 3.57 Å². The highest BCUT2D eigenvalue weighted by Gasteiger charge is 2.60. The van der Waals surface area contributed by atoms with Crippen LogP contribution >= 0.6 is 22.6 Å². The highest BCUT2D eigenvalue weighted by molar-refractivity contribution is 14.1. The van der Waals surface area contributed by atoms with Gasteiger partial charge in [0.05, 0.1) is 29.7 Å². The van der Waals surface area contributed by atoms with Crippen LogP contribution in [0.3, 0.4) is 0 Å². The molecule has 0 saturated carbocycles. The van der Waals surface area contributed by atoms with Gasteiger partial charge in [-0.15, -0.1) is 0 Å². The molecule has 7 nitrogen and oxygen atoms in total. The van der Waals surface area contributed by atoms with Gasteiger partial charge < -0.3 is 19.9 Å². The molecule has 0 amide bonds. The lowest BCUT2D eigenvalue weighted by Crippen LogP contribution is -2.61. The van der Waals surface area contributed by atoms with Gasteiger partial charge >= 0.3 is 5.69 Å². The first-order valence-electron chi connectivity index (χ1n) is 9.67. The Balaban J connectivity index is 2.72. The fourth-order valence-electron chi connectivity index (χ4n) is 3.64. The third-order valence-electron chi connectivity index (χ3n) is 4.63. The molecule has 1 aromatic rings. The maximum atomic E-state index is 12.9. The zero-order chi connectivity index (χ0) is 21.7. The van der Waals surface area contributed by atoms with E-state index in [1.54, 1.807) is 10.8 Å². The van der Waals surface area contributed by atoms with Crippen molar-refractivity contribution in [2.24, 2.45) is 0 Å². The van der Waals surface area contributed by atoms with Crippen LogP contribution in [0.15, 0.2) is 11.0 Å². The molecule has 0 radical (unpaired) electrons. The molecule has 9 heteroatoms. The summed E-state index contributed by atoms with van der Waals surface area (Å²) in [5.74, 6) is 0.226. The molecule has 2 heterocycles. The molecule has 2 N–H and O–H groups in total. The minimum atomic E-state index is -1.69. The van der Waals surface area contributed by atoms with Gasteiger partial charge in [0.25, 0.3) is 0 Å². The van der Waals surface area contributed by atoms with E-state index in [4.69, 9.17) is 19.9 Å². The lowest BCUT2D eigenvalue weighted by Gasteiger charge is -2.43. The largest absolute Gasteiger partial charge is 0.383 e. The van der Waals surface area contributed by atoms with Gasteiger partial charge in [-0.2, -0.15) is 4.98 Å². The van der Waals surface area contributed by atoms with Crippen molar-refractivity contribution in [1.29, 1.82) is 0 Å². The van der Waals surface area contributed by atoms with Gasteiger partial charge in [-0.25, -0.2) is 4.79 Å². The summed E-state index contributed by atoms with van der Waals surface area (Å²) in [6, 6.07) is 0. The van der Waals surface area contributed by atoms with Crippen molar-refractivity contribution >= 4 is 37.2 Å². The predicted molar refractivity (Wildman–Crippen MR) is 122 cm³/mol. The number of nitrogens with two attached hydrogens (primary N) is 1. The van der Waals surface area contributed by atoms with Crippen molar-refractivity contribution in [1.82, 2.24) is 9.55 Å². The SMILES string of the molecule is C[C@H]1O[C@](n2cc(I)c(N)nc2=O)([SiH](C)C)[C@H](OC(C)(C)C)[C@@H]1OC(C)(C)C. The fraction of sp³-hybridized carbons (Fsp3) is 0.789. The minimum absolute atomic E-state index is 0.226. The lowest BCUT2D eigenvalue weighted by molar-refractivity contribution is -0.174. The average molecular weight is 523 g/mol. The van der Waals surface area contributed by atoms with Gasteiger partial charge in [-0.3, -0.25) is 4.57 Å². The summed E-state index contributed by atoms with van der Waals surface area (Å²) in [7, 11) is -1.69. The third kappa shape index (κ3) is 4.80. The van der Waals surface area contributed by atoms with E-state index in [9.17, 15) is 4.79 Å². The Bertz CT molecular complexity index is 772. The van der Waals surface area contributed by atoms with E-state index >= 15 is 0 Å². The quantitative estimate of drug-likeness (QED) is 0.483. The van der Waals surface area contributed by atoms with E-state index in [1.807, 2.05) is 48.5 Å². The number of halogens is 1. The van der Waals surface area contributed by atoms with Crippen molar-refractivity contribution in [2.75, 3.05) is 5.73 Å². The Hall–Kier alpha value is -0.493. The molecule has 1 aliphatic rings. The smallest absolute Gasteiger partial charge is 0.351 e. The van der Waals surface area contributed by atoms with Crippen molar-refractivity contribution < 1.29 is 14.2 Å². The Morgan fingerprint density at radius 1 is 1.21 bits per heavy atom. The number of anilines is 1. The minimum Gasteiger partial charge on any atom is -0.383 e. The Kier molecular flexibility index (Phi) is 6.77. The summed E-state index contributed by atoms with van der Waals surface area (Å²) >= 11 is 2.09. The van der Waals surface area contributed by atoms with E-state index in [0.717, 1.165) is 0 Å².